The van der Waals surface area contributed by atoms with E-state index in [-0.39, 0.29) is 12.4 Å². The van der Waals surface area contributed by atoms with Gasteiger partial charge >= 0.3 is 11.9 Å². The van der Waals surface area contributed by atoms with Gasteiger partial charge in [0.1, 0.15) is 6.54 Å². The number of esters is 1. The van der Waals surface area contributed by atoms with E-state index in [1.807, 2.05) is 21.1 Å². The zero-order chi connectivity index (χ0) is 19.1. The molecule has 0 saturated carbocycles. The number of quaternary nitrogens is 1. The first-order valence-corrected chi connectivity index (χ1v) is 9.61. The Balaban J connectivity index is 3.82. The summed E-state index contributed by atoms with van der Waals surface area (Å²) >= 11 is 0. The fraction of sp³-hybridized carbons (Fsp3) is 0.800. The van der Waals surface area contributed by atoms with Crippen LogP contribution in [0.3, 0.4) is 0 Å². The minimum atomic E-state index is -0.931. The van der Waals surface area contributed by atoms with E-state index in [0.717, 1.165) is 32.1 Å². The highest BCUT2D eigenvalue weighted by Crippen LogP contribution is 2.11. The number of carbonyl (C=O) groups is 2. The molecule has 0 spiro atoms. The van der Waals surface area contributed by atoms with E-state index in [1.54, 1.807) is 0 Å². The van der Waals surface area contributed by atoms with Crippen molar-refractivity contribution in [3.05, 3.63) is 12.2 Å². The topological polar surface area (TPSA) is 63.6 Å². The molecule has 0 amide bonds. The van der Waals surface area contributed by atoms with Gasteiger partial charge in [0.05, 0.1) is 27.6 Å². The van der Waals surface area contributed by atoms with E-state index in [9.17, 15) is 9.59 Å². The number of hydrogen-bond acceptors (Lipinski definition) is 3. The Labute approximate surface area is 153 Å². The first kappa shape index (κ1) is 23.6. The van der Waals surface area contributed by atoms with Gasteiger partial charge in [0.2, 0.25) is 0 Å². The Bertz CT molecular complexity index is 399. The molecule has 25 heavy (non-hydrogen) atoms. The van der Waals surface area contributed by atoms with Gasteiger partial charge in [-0.15, -0.1) is 0 Å². The molecule has 0 radical (unpaired) electrons. The summed E-state index contributed by atoms with van der Waals surface area (Å²) in [4.78, 5) is 22.8. The van der Waals surface area contributed by atoms with Crippen LogP contribution in [-0.4, -0.2) is 55.3 Å². The lowest BCUT2D eigenvalue weighted by Crippen LogP contribution is -2.43. The molecular formula is C20H38NO4+. The molecule has 0 aromatic carbocycles. The van der Waals surface area contributed by atoms with Crippen molar-refractivity contribution in [3.8, 4) is 0 Å². The lowest BCUT2D eigenvalue weighted by atomic mass is 10.1. The maximum absolute atomic E-state index is 11.9. The lowest BCUT2D eigenvalue weighted by molar-refractivity contribution is -0.873. The molecule has 0 aliphatic heterocycles. The van der Waals surface area contributed by atoms with Gasteiger partial charge in [0, 0.05) is 6.42 Å². The molecule has 146 valence electrons. The van der Waals surface area contributed by atoms with Crippen molar-refractivity contribution in [3.63, 3.8) is 0 Å². The van der Waals surface area contributed by atoms with Crippen molar-refractivity contribution in [1.29, 1.82) is 0 Å². The molecule has 1 unspecified atom stereocenters. The third-order valence-electron chi connectivity index (χ3n) is 3.86. The molecule has 0 aromatic heterocycles. The summed E-state index contributed by atoms with van der Waals surface area (Å²) in [5, 5.41) is 8.96. The molecule has 0 bridgehead atoms. The second kappa shape index (κ2) is 13.9. The smallest absolute Gasteiger partial charge is 0.307 e. The maximum atomic E-state index is 11.9. The normalized spacial score (nSPS) is 13.1. The van der Waals surface area contributed by atoms with E-state index >= 15 is 0 Å². The molecule has 0 aromatic rings. The molecule has 0 heterocycles. The Morgan fingerprint density at radius 3 is 2.16 bits per heavy atom. The fourth-order valence-electron chi connectivity index (χ4n) is 2.72. The van der Waals surface area contributed by atoms with Crippen LogP contribution in [-0.2, 0) is 14.3 Å². The van der Waals surface area contributed by atoms with Crippen molar-refractivity contribution in [2.24, 2.45) is 0 Å². The van der Waals surface area contributed by atoms with Crippen LogP contribution in [0.4, 0.5) is 0 Å². The van der Waals surface area contributed by atoms with Crippen LogP contribution in [0.25, 0.3) is 0 Å². The summed E-state index contributed by atoms with van der Waals surface area (Å²) in [6.07, 6.45) is 13.1. The lowest BCUT2D eigenvalue weighted by Gasteiger charge is -2.28. The maximum Gasteiger partial charge on any atom is 0.307 e. The predicted molar refractivity (Wildman–Crippen MR) is 101 cm³/mol. The molecule has 0 fully saturated rings. The highest BCUT2D eigenvalue weighted by molar-refractivity contribution is 5.71. The number of rotatable bonds is 15. The number of nitrogens with zero attached hydrogens (tertiary/aromatic N) is 1. The number of likely N-dealkylation sites (N-methyl/N-ethyl adjacent to an activating group) is 1. The van der Waals surface area contributed by atoms with Crippen LogP contribution >= 0.6 is 0 Å². The molecule has 5 heteroatoms. The van der Waals surface area contributed by atoms with E-state index in [4.69, 9.17) is 9.84 Å². The predicted octanol–water partition coefficient (Wildman–Crippen LogP) is 4.17. The van der Waals surface area contributed by atoms with Gasteiger partial charge in [0.15, 0.2) is 6.10 Å². The first-order chi connectivity index (χ1) is 11.7. The summed E-state index contributed by atoms with van der Waals surface area (Å²) < 4.78 is 5.95. The number of carboxylic acids is 1. The van der Waals surface area contributed by atoms with Gasteiger partial charge < -0.3 is 14.3 Å². The number of unbranched alkanes of at least 4 members (excludes halogenated alkanes) is 6. The zero-order valence-corrected chi connectivity index (χ0v) is 16.6. The summed E-state index contributed by atoms with van der Waals surface area (Å²) in [7, 11) is 5.88. The summed E-state index contributed by atoms with van der Waals surface area (Å²) in [6.45, 7) is 2.65. The molecule has 0 rings (SSSR count). The molecule has 1 N–H and O–H groups in total. The second-order valence-corrected chi connectivity index (χ2v) is 7.72. The Morgan fingerprint density at radius 2 is 1.60 bits per heavy atom. The van der Waals surface area contributed by atoms with Gasteiger partial charge in [0.25, 0.3) is 0 Å². The van der Waals surface area contributed by atoms with Gasteiger partial charge in [-0.25, -0.2) is 0 Å². The second-order valence-electron chi connectivity index (χ2n) is 7.72. The van der Waals surface area contributed by atoms with E-state index in [1.165, 1.54) is 19.3 Å². The Morgan fingerprint density at radius 1 is 1.00 bits per heavy atom. The Hall–Kier alpha value is -1.36. The average Bonchev–Trinajstić information content (AvgIpc) is 2.46. The number of ether oxygens (including phenoxy) is 1. The van der Waals surface area contributed by atoms with Crippen LogP contribution in [0.15, 0.2) is 12.2 Å². The first-order valence-electron chi connectivity index (χ1n) is 9.61. The highest BCUT2D eigenvalue weighted by atomic mass is 16.5. The number of carboxylic acid groups (broad SMARTS) is 1. The molecule has 5 nitrogen and oxygen atoms in total. The molecule has 0 aliphatic carbocycles. The van der Waals surface area contributed by atoms with Gasteiger partial charge in [-0.3, -0.25) is 9.59 Å². The third kappa shape index (κ3) is 17.3. The van der Waals surface area contributed by atoms with Crippen LogP contribution in [0.1, 0.15) is 71.1 Å². The highest BCUT2D eigenvalue weighted by Gasteiger charge is 2.24. The van der Waals surface area contributed by atoms with Crippen molar-refractivity contribution < 1.29 is 23.9 Å². The van der Waals surface area contributed by atoms with E-state index in [0.29, 0.717) is 17.4 Å². The third-order valence-corrected chi connectivity index (χ3v) is 3.86. The van der Waals surface area contributed by atoms with Gasteiger partial charge in [-0.05, 0) is 25.7 Å². The number of hydrogen-bond donors (Lipinski definition) is 1. The quantitative estimate of drug-likeness (QED) is 0.207. The van der Waals surface area contributed by atoms with Crippen LogP contribution in [0, 0.1) is 0 Å². The Kier molecular flexibility index (Phi) is 13.1. The molecule has 1 atom stereocenters. The van der Waals surface area contributed by atoms with Gasteiger partial charge in [-0.2, -0.15) is 0 Å². The van der Waals surface area contributed by atoms with Crippen molar-refractivity contribution >= 4 is 11.9 Å². The summed E-state index contributed by atoms with van der Waals surface area (Å²) in [6, 6.07) is 0. The number of allylic oxidation sites excluding steroid dienone is 2. The number of aliphatic carboxylic acids is 1. The number of carbonyl (C=O) groups excluding carboxylic acids is 1. The molecule has 0 saturated heterocycles. The van der Waals surface area contributed by atoms with E-state index < -0.39 is 12.1 Å². The minimum Gasteiger partial charge on any atom is -0.481 e. The fourth-order valence-corrected chi connectivity index (χ4v) is 2.72. The van der Waals surface area contributed by atoms with E-state index in [2.05, 4.69) is 19.1 Å². The minimum absolute atomic E-state index is 0.131. The standard InChI is InChI=1S/C20H37NO4/c1-5-6-7-8-9-10-11-12-13-14-15-20(24)25-18(16-19(22)23)17-21(2,3)4/h6-7,18H,5,8-17H2,1-4H3/p+1/b7-6+. The summed E-state index contributed by atoms with van der Waals surface area (Å²) in [5.41, 5.74) is 0. The molecular weight excluding hydrogens is 318 g/mol. The van der Waals surface area contributed by atoms with Crippen LogP contribution in [0.2, 0.25) is 0 Å². The van der Waals surface area contributed by atoms with Crippen LogP contribution < -0.4 is 0 Å². The van der Waals surface area contributed by atoms with Crippen LogP contribution in [0.5, 0.6) is 0 Å². The average molecular weight is 357 g/mol. The zero-order valence-electron chi connectivity index (χ0n) is 16.6. The van der Waals surface area contributed by atoms with Crippen molar-refractivity contribution in [2.75, 3.05) is 27.7 Å². The van der Waals surface area contributed by atoms with Gasteiger partial charge in [-0.1, -0.05) is 44.8 Å². The molecule has 0 aliphatic rings. The summed E-state index contributed by atoms with van der Waals surface area (Å²) in [5.74, 6) is -1.20. The SMILES string of the molecule is CC/C=C/CCCCCCCCC(=O)OC(CC(=O)O)C[N+](C)(C)C. The monoisotopic (exact) mass is 356 g/mol. The van der Waals surface area contributed by atoms with Crippen molar-refractivity contribution in [1.82, 2.24) is 0 Å². The van der Waals surface area contributed by atoms with Crippen molar-refractivity contribution in [2.45, 2.75) is 77.2 Å². The largest absolute Gasteiger partial charge is 0.481 e.